The highest BCUT2D eigenvalue weighted by Crippen LogP contribution is 2.53. The number of hydrogen-bond donors (Lipinski definition) is 2. The summed E-state index contributed by atoms with van der Waals surface area (Å²) in [6.07, 6.45) is 0.836. The molecule has 0 saturated carbocycles. The van der Waals surface area contributed by atoms with Gasteiger partial charge in [0.05, 0.1) is 10.4 Å². The lowest BCUT2D eigenvalue weighted by Gasteiger charge is -2.61. The molecule has 2 fully saturated rings. The fraction of sp³-hybridized carbons (Fsp3) is 0.375. The number of halogens is 1. The van der Waals surface area contributed by atoms with Crippen LogP contribution < -0.4 is 5.76 Å². The topological polar surface area (TPSA) is 141 Å². The third-order valence-electron chi connectivity index (χ3n) is 7.35. The summed E-state index contributed by atoms with van der Waals surface area (Å²) >= 11 is 6.88. The number of rotatable bonds is 4. The van der Waals surface area contributed by atoms with Crippen LogP contribution in [0.4, 0.5) is 4.79 Å². The number of piperidine rings is 1. The zero-order valence-corrected chi connectivity index (χ0v) is 20.9. The number of likely N-dealkylation sites (tertiary alicyclic amines) is 2. The second kappa shape index (κ2) is 8.67. The second-order valence-electron chi connectivity index (χ2n) is 9.49. The number of carboxylic acid groups (broad SMARTS) is 1. The minimum absolute atomic E-state index is 0.180. The van der Waals surface area contributed by atoms with Crippen molar-refractivity contribution in [1.82, 2.24) is 14.8 Å². The molecule has 3 aromatic rings. The third-order valence-corrected chi connectivity index (χ3v) is 9.22. The average molecular weight is 534 g/mol. The number of sulfone groups is 1. The van der Waals surface area contributed by atoms with Crippen LogP contribution in [0.1, 0.15) is 22.3 Å². The Morgan fingerprint density at radius 2 is 2.00 bits per heavy atom. The van der Waals surface area contributed by atoms with Crippen LogP contribution in [0, 0.1) is 11.3 Å². The minimum atomic E-state index is -3.49. The van der Waals surface area contributed by atoms with E-state index in [1.165, 1.54) is 15.9 Å². The van der Waals surface area contributed by atoms with E-state index >= 15 is 0 Å². The first kappa shape index (κ1) is 24.4. The molecular weight excluding hydrogens is 510 g/mol. The van der Waals surface area contributed by atoms with Crippen molar-refractivity contribution in [3.05, 3.63) is 64.1 Å². The molecule has 190 valence electrons. The molecule has 5 rings (SSSR count). The van der Waals surface area contributed by atoms with Crippen LogP contribution >= 0.6 is 11.6 Å². The van der Waals surface area contributed by atoms with E-state index in [1.807, 2.05) is 0 Å². The van der Waals surface area contributed by atoms with Crippen LogP contribution in [0.25, 0.3) is 11.1 Å². The second-order valence-corrected chi connectivity index (χ2v) is 11.9. The molecule has 2 aliphatic heterocycles. The number of oxazole rings is 1. The van der Waals surface area contributed by atoms with E-state index in [4.69, 9.17) is 16.0 Å². The Morgan fingerprint density at radius 1 is 1.25 bits per heavy atom. The average Bonchev–Trinajstić information content (AvgIpc) is 3.21. The lowest BCUT2D eigenvalue weighted by atomic mass is 9.62. The van der Waals surface area contributed by atoms with Crippen molar-refractivity contribution in [2.24, 2.45) is 11.3 Å². The van der Waals surface area contributed by atoms with Gasteiger partial charge in [0, 0.05) is 36.9 Å². The van der Waals surface area contributed by atoms with Crippen LogP contribution in [0.3, 0.4) is 0 Å². The number of aromatic amines is 1. The van der Waals surface area contributed by atoms with Crippen LogP contribution in [-0.2, 0) is 16.3 Å². The Hall–Kier alpha value is -3.31. The predicted molar refractivity (Wildman–Crippen MR) is 131 cm³/mol. The number of nitrogens with zero attached hydrogens (tertiary/aromatic N) is 2. The summed E-state index contributed by atoms with van der Waals surface area (Å²) in [7, 11) is -3.49. The van der Waals surface area contributed by atoms with E-state index in [1.54, 1.807) is 36.4 Å². The summed E-state index contributed by atoms with van der Waals surface area (Å²) in [4.78, 5) is 42.0. The van der Waals surface area contributed by atoms with Crippen molar-refractivity contribution < 1.29 is 27.5 Å². The third kappa shape index (κ3) is 4.05. The number of benzene rings is 2. The zero-order valence-electron chi connectivity index (χ0n) is 19.3. The number of hydrogen-bond acceptors (Lipinski definition) is 6. The molecule has 2 aromatic carbocycles. The first-order chi connectivity index (χ1) is 17.0. The van der Waals surface area contributed by atoms with Crippen molar-refractivity contribution in [2.75, 3.05) is 25.9 Å². The SMILES string of the molecule is CS(=O)(=O)c1ccccc1CC1CN(C(=O)O)CCC12CN(C(=O)c1ccc3[nH]c(=O)oc3c1)C2Cl. The van der Waals surface area contributed by atoms with E-state index < -0.39 is 32.6 Å². The molecule has 2 amide bonds. The predicted octanol–water partition coefficient (Wildman–Crippen LogP) is 2.77. The molecular formula is C24H24ClN3O7S. The number of amides is 2. The number of nitrogens with one attached hydrogen (secondary N) is 1. The molecule has 3 unspecified atom stereocenters. The molecule has 2 N–H and O–H groups in total. The molecule has 0 radical (unpaired) electrons. The van der Waals surface area contributed by atoms with Crippen molar-refractivity contribution in [2.45, 2.75) is 23.2 Å². The van der Waals surface area contributed by atoms with Crippen LogP contribution in [-0.4, -0.2) is 71.7 Å². The quantitative estimate of drug-likeness (QED) is 0.388. The molecule has 3 atom stereocenters. The lowest BCUT2D eigenvalue weighted by Crippen LogP contribution is -2.70. The molecule has 2 saturated heterocycles. The Balaban J connectivity index is 1.43. The Labute approximate surface area is 211 Å². The fourth-order valence-electron chi connectivity index (χ4n) is 5.44. The van der Waals surface area contributed by atoms with Crippen molar-refractivity contribution in [1.29, 1.82) is 0 Å². The normalized spacial score (nSPS) is 24.2. The maximum absolute atomic E-state index is 13.3. The molecule has 1 spiro atoms. The van der Waals surface area contributed by atoms with Gasteiger partial charge in [0.25, 0.3) is 5.91 Å². The monoisotopic (exact) mass is 533 g/mol. The van der Waals surface area contributed by atoms with Gasteiger partial charge in [-0.15, -0.1) is 0 Å². The summed E-state index contributed by atoms with van der Waals surface area (Å²) in [5.41, 5.74) is 0.344. The van der Waals surface area contributed by atoms with Gasteiger partial charge in [-0.1, -0.05) is 29.8 Å². The highest BCUT2D eigenvalue weighted by atomic mass is 35.5. The van der Waals surface area contributed by atoms with E-state index in [0.717, 1.165) is 6.26 Å². The summed E-state index contributed by atoms with van der Waals surface area (Å²) < 4.78 is 29.8. The van der Waals surface area contributed by atoms with Gasteiger partial charge in [0.15, 0.2) is 15.4 Å². The van der Waals surface area contributed by atoms with Gasteiger partial charge in [0.1, 0.15) is 5.50 Å². The molecule has 2 aliphatic rings. The molecule has 1 aromatic heterocycles. The Morgan fingerprint density at radius 3 is 2.69 bits per heavy atom. The van der Waals surface area contributed by atoms with Gasteiger partial charge in [-0.2, -0.15) is 0 Å². The van der Waals surface area contributed by atoms with Gasteiger partial charge in [-0.3, -0.25) is 9.78 Å². The van der Waals surface area contributed by atoms with E-state index in [2.05, 4.69) is 4.98 Å². The first-order valence-electron chi connectivity index (χ1n) is 11.3. The summed E-state index contributed by atoms with van der Waals surface area (Å²) in [6, 6.07) is 11.3. The van der Waals surface area contributed by atoms with Crippen LogP contribution in [0.15, 0.2) is 56.6 Å². The maximum Gasteiger partial charge on any atom is 0.417 e. The van der Waals surface area contributed by atoms with Gasteiger partial charge < -0.3 is 19.3 Å². The molecule has 0 bridgehead atoms. The van der Waals surface area contributed by atoms with E-state index in [-0.39, 0.29) is 35.4 Å². The Kier molecular flexibility index (Phi) is 5.87. The van der Waals surface area contributed by atoms with Gasteiger partial charge in [-0.05, 0) is 48.6 Å². The van der Waals surface area contributed by atoms with Crippen molar-refractivity contribution >= 4 is 44.5 Å². The van der Waals surface area contributed by atoms with Gasteiger partial charge in [-0.25, -0.2) is 18.0 Å². The van der Waals surface area contributed by atoms with Crippen molar-refractivity contribution in [3.8, 4) is 0 Å². The highest BCUT2D eigenvalue weighted by Gasteiger charge is 2.59. The largest absolute Gasteiger partial charge is 0.465 e. The highest BCUT2D eigenvalue weighted by molar-refractivity contribution is 7.90. The van der Waals surface area contributed by atoms with E-state index in [0.29, 0.717) is 36.0 Å². The number of H-pyrrole nitrogens is 1. The summed E-state index contributed by atoms with van der Waals surface area (Å²) in [5.74, 6) is -1.25. The summed E-state index contributed by atoms with van der Waals surface area (Å²) in [5, 5.41) is 9.61. The van der Waals surface area contributed by atoms with Crippen molar-refractivity contribution in [3.63, 3.8) is 0 Å². The number of carbonyl (C=O) groups excluding carboxylic acids is 1. The smallest absolute Gasteiger partial charge is 0.417 e. The number of fused-ring (bicyclic) bond motifs is 1. The standard InChI is InChI=1S/C24H24ClN3O7S/c1-36(33,34)19-5-3-2-4-14(19)10-16-12-27(23(31)32)9-8-24(16)13-28(21(24)25)20(29)15-6-7-17-18(11-15)35-22(30)26-17/h2-7,11,16,21H,8-10,12-13H2,1H3,(H,26,30)(H,31,32). The summed E-state index contributed by atoms with van der Waals surface area (Å²) in [6.45, 7) is 0.749. The molecule has 0 aliphatic carbocycles. The van der Waals surface area contributed by atoms with Gasteiger partial charge in [0.2, 0.25) is 0 Å². The lowest BCUT2D eigenvalue weighted by molar-refractivity contribution is -0.0888. The minimum Gasteiger partial charge on any atom is -0.465 e. The maximum atomic E-state index is 13.3. The molecule has 36 heavy (non-hydrogen) atoms. The Bertz CT molecular complexity index is 1530. The number of alkyl halides is 1. The number of carbonyl (C=O) groups is 2. The molecule has 3 heterocycles. The fourth-order valence-corrected chi connectivity index (χ4v) is 6.91. The first-order valence-corrected chi connectivity index (χ1v) is 13.7. The molecule has 12 heteroatoms. The number of aromatic nitrogens is 1. The van der Waals surface area contributed by atoms with Crippen LogP contribution in [0.5, 0.6) is 0 Å². The molecule has 10 nitrogen and oxygen atoms in total. The van der Waals surface area contributed by atoms with Gasteiger partial charge >= 0.3 is 11.8 Å². The zero-order chi connectivity index (χ0) is 25.8. The van der Waals surface area contributed by atoms with E-state index in [9.17, 15) is 27.9 Å². The van der Waals surface area contributed by atoms with Crippen LogP contribution in [0.2, 0.25) is 0 Å².